The van der Waals surface area contributed by atoms with Crippen molar-refractivity contribution in [2.24, 2.45) is 11.7 Å². The van der Waals surface area contributed by atoms with Gasteiger partial charge in [-0.3, -0.25) is 14.3 Å². The van der Waals surface area contributed by atoms with Crippen LogP contribution in [0.2, 0.25) is 5.02 Å². The van der Waals surface area contributed by atoms with Crippen molar-refractivity contribution in [3.8, 4) is 0 Å². The van der Waals surface area contributed by atoms with E-state index in [9.17, 15) is 9.59 Å². The van der Waals surface area contributed by atoms with Crippen LogP contribution in [-0.4, -0.2) is 27.6 Å². The second-order valence-electron chi connectivity index (χ2n) is 6.87. The van der Waals surface area contributed by atoms with Crippen LogP contribution >= 0.6 is 11.6 Å². The van der Waals surface area contributed by atoms with Gasteiger partial charge < -0.3 is 16.4 Å². The van der Waals surface area contributed by atoms with E-state index in [-0.39, 0.29) is 23.8 Å². The summed E-state index contributed by atoms with van der Waals surface area (Å²) in [6.45, 7) is 9.09. The molecule has 3 atom stereocenters. The minimum absolute atomic E-state index is 0.184. The lowest BCUT2D eigenvalue weighted by molar-refractivity contribution is -0.120. The second-order valence-corrected chi connectivity index (χ2v) is 7.28. The standard InChI is InChI=1S/C19H26ClN5O2/c1-10-8-11(2)25(24-10)14(5)19(27)23-17-7-6-15(9-16(17)20)22-18(26)12(3)13(4)21/h6-9,12-14H,21H2,1-5H3,(H,22,26)(H,23,27). The van der Waals surface area contributed by atoms with Crippen LogP contribution in [0, 0.1) is 19.8 Å². The molecule has 2 rings (SSSR count). The Morgan fingerprint density at radius 2 is 1.78 bits per heavy atom. The highest BCUT2D eigenvalue weighted by Crippen LogP contribution is 2.27. The van der Waals surface area contributed by atoms with Crippen LogP contribution in [0.25, 0.3) is 0 Å². The third-order valence-corrected chi connectivity index (χ3v) is 4.80. The Balaban J connectivity index is 2.08. The van der Waals surface area contributed by atoms with Crippen LogP contribution in [0.4, 0.5) is 11.4 Å². The number of aryl methyl sites for hydroxylation is 2. The molecule has 8 heteroatoms. The van der Waals surface area contributed by atoms with Crippen molar-refractivity contribution in [1.82, 2.24) is 9.78 Å². The smallest absolute Gasteiger partial charge is 0.248 e. The van der Waals surface area contributed by atoms with Gasteiger partial charge in [0.1, 0.15) is 6.04 Å². The summed E-state index contributed by atoms with van der Waals surface area (Å²) in [5.41, 5.74) is 8.51. The Morgan fingerprint density at radius 1 is 1.11 bits per heavy atom. The molecule has 1 heterocycles. The van der Waals surface area contributed by atoms with Gasteiger partial charge in [-0.05, 0) is 52.0 Å². The van der Waals surface area contributed by atoms with Crippen molar-refractivity contribution in [1.29, 1.82) is 0 Å². The number of nitrogens with one attached hydrogen (secondary N) is 2. The zero-order valence-corrected chi connectivity index (χ0v) is 17.0. The number of carbonyl (C=O) groups excluding carboxylic acids is 2. The van der Waals surface area contributed by atoms with Crippen LogP contribution < -0.4 is 16.4 Å². The van der Waals surface area contributed by atoms with Crippen molar-refractivity contribution >= 4 is 34.8 Å². The number of hydrogen-bond donors (Lipinski definition) is 3. The molecule has 0 aliphatic rings. The molecule has 0 spiro atoms. The molecular weight excluding hydrogens is 366 g/mol. The number of rotatable bonds is 6. The summed E-state index contributed by atoms with van der Waals surface area (Å²) in [6, 6.07) is 6.10. The minimum atomic E-state index is -0.485. The van der Waals surface area contributed by atoms with Crippen molar-refractivity contribution in [2.45, 2.75) is 46.7 Å². The SMILES string of the molecule is Cc1cc(C)n(C(C)C(=O)Nc2ccc(NC(=O)C(C)C(C)N)cc2Cl)n1. The number of aromatic nitrogens is 2. The first-order valence-electron chi connectivity index (χ1n) is 8.79. The van der Waals surface area contributed by atoms with E-state index in [0.717, 1.165) is 11.4 Å². The van der Waals surface area contributed by atoms with Crippen LogP contribution in [0.3, 0.4) is 0 Å². The maximum Gasteiger partial charge on any atom is 0.248 e. The Labute approximate surface area is 164 Å². The maximum absolute atomic E-state index is 12.5. The molecule has 3 unspecified atom stereocenters. The van der Waals surface area contributed by atoms with Gasteiger partial charge in [-0.1, -0.05) is 18.5 Å². The number of halogens is 1. The molecule has 27 heavy (non-hydrogen) atoms. The topological polar surface area (TPSA) is 102 Å². The Kier molecular flexibility index (Phi) is 6.62. The highest BCUT2D eigenvalue weighted by atomic mass is 35.5. The van der Waals surface area contributed by atoms with Crippen LogP contribution in [-0.2, 0) is 9.59 Å². The summed E-state index contributed by atoms with van der Waals surface area (Å²) in [7, 11) is 0. The summed E-state index contributed by atoms with van der Waals surface area (Å²) < 4.78 is 1.67. The molecule has 0 aliphatic heterocycles. The predicted molar refractivity (Wildman–Crippen MR) is 108 cm³/mol. The quantitative estimate of drug-likeness (QED) is 0.703. The average molecular weight is 392 g/mol. The van der Waals surface area contributed by atoms with E-state index in [0.29, 0.717) is 16.4 Å². The van der Waals surface area contributed by atoms with E-state index in [1.165, 1.54) is 0 Å². The fraction of sp³-hybridized carbons (Fsp3) is 0.421. The first-order chi connectivity index (χ1) is 12.6. The lowest BCUT2D eigenvalue weighted by Gasteiger charge is -2.17. The molecule has 0 saturated heterocycles. The van der Waals surface area contributed by atoms with Crippen molar-refractivity contribution < 1.29 is 9.59 Å². The summed E-state index contributed by atoms with van der Waals surface area (Å²) >= 11 is 6.27. The van der Waals surface area contributed by atoms with Crippen LogP contribution in [0.1, 0.15) is 38.2 Å². The van der Waals surface area contributed by atoms with Crippen LogP contribution in [0.5, 0.6) is 0 Å². The fourth-order valence-electron chi connectivity index (χ4n) is 2.58. The molecule has 2 aromatic rings. The first-order valence-corrected chi connectivity index (χ1v) is 9.17. The van der Waals surface area contributed by atoms with E-state index < -0.39 is 6.04 Å². The molecule has 146 valence electrons. The molecule has 0 radical (unpaired) electrons. The monoisotopic (exact) mass is 391 g/mol. The molecule has 0 saturated carbocycles. The Morgan fingerprint density at radius 3 is 2.30 bits per heavy atom. The third kappa shape index (κ3) is 5.08. The largest absolute Gasteiger partial charge is 0.327 e. The molecule has 0 aliphatic carbocycles. The van der Waals surface area contributed by atoms with Gasteiger partial charge in [0.2, 0.25) is 11.8 Å². The van der Waals surface area contributed by atoms with Gasteiger partial charge in [-0.25, -0.2) is 0 Å². The zero-order valence-electron chi connectivity index (χ0n) is 16.2. The lowest BCUT2D eigenvalue weighted by atomic mass is 10.0. The lowest BCUT2D eigenvalue weighted by Crippen LogP contribution is -2.34. The molecule has 0 fully saturated rings. The number of nitrogens with two attached hydrogens (primary N) is 1. The minimum Gasteiger partial charge on any atom is -0.327 e. The molecule has 2 amide bonds. The van der Waals surface area contributed by atoms with E-state index in [1.54, 1.807) is 43.7 Å². The maximum atomic E-state index is 12.5. The van der Waals surface area contributed by atoms with Crippen LogP contribution in [0.15, 0.2) is 24.3 Å². The molecule has 1 aromatic carbocycles. The second kappa shape index (κ2) is 8.54. The highest BCUT2D eigenvalue weighted by Gasteiger charge is 2.20. The number of benzene rings is 1. The summed E-state index contributed by atoms with van der Waals surface area (Å²) in [4.78, 5) is 24.6. The summed E-state index contributed by atoms with van der Waals surface area (Å²) in [6.07, 6.45) is 0. The molecule has 4 N–H and O–H groups in total. The molecule has 0 bridgehead atoms. The van der Waals surface area contributed by atoms with E-state index in [4.69, 9.17) is 17.3 Å². The van der Waals surface area contributed by atoms with E-state index >= 15 is 0 Å². The predicted octanol–water partition coefficient (Wildman–Crippen LogP) is 3.27. The van der Waals surface area contributed by atoms with Gasteiger partial charge >= 0.3 is 0 Å². The van der Waals surface area contributed by atoms with Gasteiger partial charge in [-0.2, -0.15) is 5.10 Å². The third-order valence-electron chi connectivity index (χ3n) is 4.49. The van der Waals surface area contributed by atoms with Gasteiger partial charge in [0, 0.05) is 17.4 Å². The van der Waals surface area contributed by atoms with Gasteiger partial charge in [0.15, 0.2) is 0 Å². The van der Waals surface area contributed by atoms with Crippen molar-refractivity contribution in [2.75, 3.05) is 10.6 Å². The van der Waals surface area contributed by atoms with Gasteiger partial charge in [-0.15, -0.1) is 0 Å². The first kappa shape index (κ1) is 20.9. The number of carbonyl (C=O) groups is 2. The van der Waals surface area contributed by atoms with Gasteiger partial charge in [0.05, 0.1) is 22.3 Å². The number of anilines is 2. The molecular formula is C19H26ClN5O2. The molecule has 7 nitrogen and oxygen atoms in total. The number of amides is 2. The number of nitrogens with zero attached hydrogens (tertiary/aromatic N) is 2. The van der Waals surface area contributed by atoms with Crippen molar-refractivity contribution in [3.63, 3.8) is 0 Å². The number of hydrogen-bond acceptors (Lipinski definition) is 4. The summed E-state index contributed by atoms with van der Waals surface area (Å²) in [5.74, 6) is -0.744. The van der Waals surface area contributed by atoms with E-state index in [1.807, 2.05) is 19.9 Å². The molecule has 1 aromatic heterocycles. The fourth-order valence-corrected chi connectivity index (χ4v) is 2.80. The highest BCUT2D eigenvalue weighted by molar-refractivity contribution is 6.34. The normalized spacial score (nSPS) is 14.3. The van der Waals surface area contributed by atoms with Gasteiger partial charge in [0.25, 0.3) is 0 Å². The van der Waals surface area contributed by atoms with Crippen molar-refractivity contribution in [3.05, 3.63) is 40.7 Å². The van der Waals surface area contributed by atoms with E-state index in [2.05, 4.69) is 15.7 Å². The zero-order chi connectivity index (χ0) is 20.3. The Bertz CT molecular complexity index is 847. The average Bonchev–Trinajstić information content (AvgIpc) is 2.93. The Hall–Kier alpha value is -2.38. The summed E-state index contributed by atoms with van der Waals surface area (Å²) in [5, 5.41) is 10.2.